The van der Waals surface area contributed by atoms with E-state index < -0.39 is 0 Å². The molecular formula is C14H18O2. The predicted molar refractivity (Wildman–Crippen MR) is 64.0 cm³/mol. The molecule has 0 aromatic heterocycles. The van der Waals surface area contributed by atoms with Gasteiger partial charge in [-0.25, -0.2) is 0 Å². The second-order valence-corrected chi connectivity index (χ2v) is 4.83. The van der Waals surface area contributed by atoms with Crippen LogP contribution in [0.4, 0.5) is 0 Å². The minimum absolute atomic E-state index is 0.00691. The van der Waals surface area contributed by atoms with Crippen molar-refractivity contribution < 1.29 is 9.47 Å². The van der Waals surface area contributed by atoms with Gasteiger partial charge in [0.1, 0.15) is 0 Å². The maximum atomic E-state index is 5.90. The van der Waals surface area contributed by atoms with E-state index in [4.69, 9.17) is 9.47 Å². The maximum Gasteiger partial charge on any atom is 0.184 e. The van der Waals surface area contributed by atoms with Crippen LogP contribution in [-0.2, 0) is 9.47 Å². The third-order valence-corrected chi connectivity index (χ3v) is 2.93. The Morgan fingerprint density at radius 1 is 1.31 bits per heavy atom. The Morgan fingerprint density at radius 2 is 2.00 bits per heavy atom. The lowest BCUT2D eigenvalue weighted by Gasteiger charge is -2.40. The van der Waals surface area contributed by atoms with Crippen LogP contribution >= 0.6 is 0 Å². The van der Waals surface area contributed by atoms with Crippen molar-refractivity contribution >= 4 is 0 Å². The van der Waals surface area contributed by atoms with Crippen LogP contribution in [0.15, 0.2) is 43.0 Å². The van der Waals surface area contributed by atoms with E-state index in [1.807, 2.05) is 36.4 Å². The minimum Gasteiger partial charge on any atom is -0.348 e. The SMILES string of the molecule is C=C[C@H]1O[C@@H](c2ccccc2)OCC1(C)C. The lowest BCUT2D eigenvalue weighted by atomic mass is 9.86. The number of hydrogen-bond donors (Lipinski definition) is 0. The monoisotopic (exact) mass is 218 g/mol. The summed E-state index contributed by atoms with van der Waals surface area (Å²) in [5.74, 6) is 0. The van der Waals surface area contributed by atoms with Crippen molar-refractivity contribution in [3.63, 3.8) is 0 Å². The molecule has 1 aliphatic rings. The van der Waals surface area contributed by atoms with Crippen LogP contribution in [-0.4, -0.2) is 12.7 Å². The Balaban J connectivity index is 2.14. The molecule has 16 heavy (non-hydrogen) atoms. The molecule has 0 unspecified atom stereocenters. The average Bonchev–Trinajstić information content (AvgIpc) is 2.30. The first kappa shape index (κ1) is 11.4. The summed E-state index contributed by atoms with van der Waals surface area (Å²) in [5, 5.41) is 0. The summed E-state index contributed by atoms with van der Waals surface area (Å²) in [4.78, 5) is 0. The van der Waals surface area contributed by atoms with Crippen LogP contribution < -0.4 is 0 Å². The van der Waals surface area contributed by atoms with Crippen molar-refractivity contribution in [2.24, 2.45) is 5.41 Å². The van der Waals surface area contributed by atoms with E-state index in [1.165, 1.54) is 0 Å². The van der Waals surface area contributed by atoms with Crippen LogP contribution in [0.5, 0.6) is 0 Å². The first-order valence-electron chi connectivity index (χ1n) is 5.58. The molecule has 1 aliphatic heterocycles. The molecule has 0 radical (unpaired) electrons. The first-order valence-corrected chi connectivity index (χ1v) is 5.58. The fourth-order valence-corrected chi connectivity index (χ4v) is 1.89. The molecule has 1 fully saturated rings. The lowest BCUT2D eigenvalue weighted by Crippen LogP contribution is -2.41. The van der Waals surface area contributed by atoms with Crippen molar-refractivity contribution in [2.75, 3.05) is 6.61 Å². The fourth-order valence-electron chi connectivity index (χ4n) is 1.89. The van der Waals surface area contributed by atoms with E-state index in [0.717, 1.165) is 5.56 Å². The molecule has 0 amide bonds. The zero-order valence-electron chi connectivity index (χ0n) is 9.85. The third kappa shape index (κ3) is 2.18. The van der Waals surface area contributed by atoms with Gasteiger partial charge in [0.15, 0.2) is 6.29 Å². The van der Waals surface area contributed by atoms with Crippen LogP contribution in [0.3, 0.4) is 0 Å². The highest BCUT2D eigenvalue weighted by molar-refractivity contribution is 5.16. The van der Waals surface area contributed by atoms with E-state index in [2.05, 4.69) is 20.4 Å². The van der Waals surface area contributed by atoms with Crippen molar-refractivity contribution in [3.05, 3.63) is 48.6 Å². The first-order chi connectivity index (χ1) is 7.63. The Kier molecular flexibility index (Phi) is 3.13. The second kappa shape index (κ2) is 4.40. The van der Waals surface area contributed by atoms with Gasteiger partial charge in [0.05, 0.1) is 12.7 Å². The summed E-state index contributed by atoms with van der Waals surface area (Å²) in [6, 6.07) is 10.0. The third-order valence-electron chi connectivity index (χ3n) is 2.93. The van der Waals surface area contributed by atoms with Crippen molar-refractivity contribution in [1.82, 2.24) is 0 Å². The molecule has 1 heterocycles. The molecule has 2 rings (SSSR count). The molecular weight excluding hydrogens is 200 g/mol. The Morgan fingerprint density at radius 3 is 2.62 bits per heavy atom. The summed E-state index contributed by atoms with van der Waals surface area (Å²) in [7, 11) is 0. The molecule has 0 aliphatic carbocycles. The molecule has 1 aromatic carbocycles. The normalized spacial score (nSPS) is 28.6. The second-order valence-electron chi connectivity index (χ2n) is 4.83. The summed E-state index contributed by atoms with van der Waals surface area (Å²) < 4.78 is 11.6. The molecule has 1 aromatic rings. The van der Waals surface area contributed by atoms with Gasteiger partial charge in [-0.2, -0.15) is 0 Å². The smallest absolute Gasteiger partial charge is 0.184 e. The molecule has 0 saturated carbocycles. The van der Waals surface area contributed by atoms with E-state index >= 15 is 0 Å². The van der Waals surface area contributed by atoms with Crippen LogP contribution in [0.1, 0.15) is 25.7 Å². The molecule has 0 spiro atoms. The average molecular weight is 218 g/mol. The van der Waals surface area contributed by atoms with Gasteiger partial charge in [-0.15, -0.1) is 6.58 Å². The predicted octanol–water partition coefficient (Wildman–Crippen LogP) is 3.31. The highest BCUT2D eigenvalue weighted by Crippen LogP contribution is 2.36. The zero-order valence-corrected chi connectivity index (χ0v) is 9.85. The number of hydrogen-bond acceptors (Lipinski definition) is 2. The highest BCUT2D eigenvalue weighted by atomic mass is 16.7. The summed E-state index contributed by atoms with van der Waals surface area (Å²) in [6.07, 6.45) is 1.63. The van der Waals surface area contributed by atoms with Gasteiger partial charge in [0.2, 0.25) is 0 Å². The Labute approximate surface area is 96.9 Å². The topological polar surface area (TPSA) is 18.5 Å². The lowest BCUT2D eigenvalue weighted by molar-refractivity contribution is -0.250. The van der Waals surface area contributed by atoms with Gasteiger partial charge >= 0.3 is 0 Å². The summed E-state index contributed by atoms with van der Waals surface area (Å²) in [6.45, 7) is 8.76. The summed E-state index contributed by atoms with van der Waals surface area (Å²) in [5.41, 5.74) is 1.05. The van der Waals surface area contributed by atoms with Gasteiger partial charge in [-0.3, -0.25) is 0 Å². The van der Waals surface area contributed by atoms with E-state index in [1.54, 1.807) is 0 Å². The molecule has 1 saturated heterocycles. The molecule has 2 heteroatoms. The van der Waals surface area contributed by atoms with Gasteiger partial charge in [-0.05, 0) is 0 Å². The van der Waals surface area contributed by atoms with Crippen molar-refractivity contribution in [1.29, 1.82) is 0 Å². The van der Waals surface area contributed by atoms with E-state index in [-0.39, 0.29) is 17.8 Å². The molecule has 0 N–H and O–H groups in total. The maximum absolute atomic E-state index is 5.90. The van der Waals surface area contributed by atoms with Gasteiger partial charge in [0.25, 0.3) is 0 Å². The fraction of sp³-hybridized carbons (Fsp3) is 0.429. The van der Waals surface area contributed by atoms with Crippen molar-refractivity contribution in [2.45, 2.75) is 26.2 Å². The Bertz CT molecular complexity index is 356. The molecule has 2 atom stereocenters. The standard InChI is InChI=1S/C14H18O2/c1-4-12-14(2,3)10-15-13(16-12)11-8-6-5-7-9-11/h4-9,12-13H,1,10H2,2-3H3/t12-,13+/m1/s1. The van der Waals surface area contributed by atoms with E-state index in [9.17, 15) is 0 Å². The van der Waals surface area contributed by atoms with Crippen molar-refractivity contribution in [3.8, 4) is 0 Å². The minimum atomic E-state index is -0.266. The number of ether oxygens (including phenoxy) is 2. The largest absolute Gasteiger partial charge is 0.348 e. The Hall–Kier alpha value is -1.12. The number of rotatable bonds is 2. The molecule has 0 bridgehead atoms. The quantitative estimate of drug-likeness (QED) is 0.709. The molecule has 2 nitrogen and oxygen atoms in total. The zero-order chi connectivity index (χ0) is 11.6. The van der Waals surface area contributed by atoms with Crippen LogP contribution in [0.25, 0.3) is 0 Å². The van der Waals surface area contributed by atoms with E-state index in [0.29, 0.717) is 6.61 Å². The van der Waals surface area contributed by atoms with Gasteiger partial charge < -0.3 is 9.47 Å². The van der Waals surface area contributed by atoms with Gasteiger partial charge in [-0.1, -0.05) is 50.3 Å². The van der Waals surface area contributed by atoms with Gasteiger partial charge in [0, 0.05) is 11.0 Å². The molecule has 86 valence electrons. The number of benzene rings is 1. The summed E-state index contributed by atoms with van der Waals surface area (Å²) >= 11 is 0. The van der Waals surface area contributed by atoms with Crippen LogP contribution in [0.2, 0.25) is 0 Å². The highest BCUT2D eigenvalue weighted by Gasteiger charge is 2.36. The van der Waals surface area contributed by atoms with Crippen LogP contribution in [0, 0.1) is 5.41 Å².